The van der Waals surface area contributed by atoms with Crippen LogP contribution < -0.4 is 15.2 Å². The van der Waals surface area contributed by atoms with Crippen LogP contribution in [0.5, 0.6) is 5.88 Å². The third kappa shape index (κ3) is 7.89. The van der Waals surface area contributed by atoms with E-state index >= 15 is 0 Å². The molecule has 1 heterocycles. The van der Waals surface area contributed by atoms with Crippen molar-refractivity contribution < 1.29 is 23.1 Å². The molecule has 0 bridgehead atoms. The van der Waals surface area contributed by atoms with E-state index in [0.29, 0.717) is 11.6 Å². The molecular formula is C27H35ClN4O5S. The first kappa shape index (κ1) is 31.0. The summed E-state index contributed by atoms with van der Waals surface area (Å²) in [5.41, 5.74) is 9.58. The van der Waals surface area contributed by atoms with Crippen molar-refractivity contribution in [2.24, 2.45) is 11.7 Å². The van der Waals surface area contributed by atoms with Crippen LogP contribution in [0.3, 0.4) is 0 Å². The van der Waals surface area contributed by atoms with Crippen LogP contribution in [0.2, 0.25) is 0 Å². The number of nitrogens with one attached hydrogen (secondary N) is 1. The molecule has 0 amide bonds. The highest BCUT2D eigenvalue weighted by molar-refractivity contribution is 7.92. The van der Waals surface area contributed by atoms with Crippen molar-refractivity contribution in [2.45, 2.75) is 57.9 Å². The number of sulfonamides is 1. The van der Waals surface area contributed by atoms with Gasteiger partial charge in [0.2, 0.25) is 11.8 Å². The van der Waals surface area contributed by atoms with Gasteiger partial charge >= 0.3 is 5.97 Å². The van der Waals surface area contributed by atoms with E-state index < -0.39 is 16.0 Å². The molecule has 1 aromatic heterocycles. The molecule has 0 aliphatic rings. The number of nitrogens with zero attached hydrogens (tertiary/aromatic N) is 2. The molecule has 0 spiro atoms. The Kier molecular flexibility index (Phi) is 11.1. The monoisotopic (exact) mass is 562 g/mol. The second kappa shape index (κ2) is 13.5. The molecule has 4 N–H and O–H groups in total. The minimum atomic E-state index is -4.18. The second-order valence-corrected chi connectivity index (χ2v) is 10.9. The van der Waals surface area contributed by atoms with Gasteiger partial charge in [-0.2, -0.15) is 4.98 Å². The van der Waals surface area contributed by atoms with Crippen molar-refractivity contribution >= 4 is 34.3 Å². The summed E-state index contributed by atoms with van der Waals surface area (Å²) in [5.74, 6) is -0.827. The van der Waals surface area contributed by atoms with Gasteiger partial charge in [-0.25, -0.2) is 22.9 Å². The van der Waals surface area contributed by atoms with Crippen molar-refractivity contribution in [2.75, 3.05) is 11.3 Å². The van der Waals surface area contributed by atoms with Gasteiger partial charge in [-0.15, -0.1) is 12.4 Å². The van der Waals surface area contributed by atoms with E-state index in [1.54, 1.807) is 6.07 Å². The maximum absolute atomic E-state index is 13.1. The standard InChI is InChI=1S/C27H34N4O5S.ClH/c1-5-18-9-7-10-19(6-2)25(18)23-15-24(36-16-21(28)13-17(3)4)30-27(29-23)31-37(34,35)22-12-8-11-20(14-22)26(32)33;/h7-12,14-15,17,21H,5-6,13,16,28H2,1-4H3,(H,32,33)(H,29,30,31);1H/t21-;/m1./s1. The number of aromatic nitrogens is 2. The molecule has 0 aliphatic carbocycles. The minimum Gasteiger partial charge on any atom is -0.478 e. The number of carbonyl (C=O) groups is 1. The Morgan fingerprint density at radius 2 is 1.68 bits per heavy atom. The molecule has 0 aliphatic heterocycles. The third-order valence-electron chi connectivity index (χ3n) is 5.79. The topological polar surface area (TPSA) is 144 Å². The average Bonchev–Trinajstić information content (AvgIpc) is 2.86. The summed E-state index contributed by atoms with van der Waals surface area (Å²) in [6, 6.07) is 12.6. The number of carboxylic acids is 1. The third-order valence-corrected chi connectivity index (χ3v) is 7.12. The zero-order valence-corrected chi connectivity index (χ0v) is 23.6. The van der Waals surface area contributed by atoms with Gasteiger partial charge < -0.3 is 15.6 Å². The summed E-state index contributed by atoms with van der Waals surface area (Å²) in [6.45, 7) is 8.44. The van der Waals surface area contributed by atoms with E-state index in [-0.39, 0.29) is 47.3 Å². The number of ether oxygens (including phenoxy) is 1. The quantitative estimate of drug-likeness (QED) is 0.281. The van der Waals surface area contributed by atoms with Gasteiger partial charge in [0, 0.05) is 17.7 Å². The Labute approximate surface area is 230 Å². The molecular weight excluding hydrogens is 528 g/mol. The molecule has 0 saturated carbocycles. The summed E-state index contributed by atoms with van der Waals surface area (Å²) >= 11 is 0. The van der Waals surface area contributed by atoms with Crippen LogP contribution in [0.25, 0.3) is 11.3 Å². The number of aromatic carboxylic acids is 1. The lowest BCUT2D eigenvalue weighted by atomic mass is 9.95. The number of aryl methyl sites for hydroxylation is 2. The van der Waals surface area contributed by atoms with Crippen LogP contribution in [-0.2, 0) is 22.9 Å². The van der Waals surface area contributed by atoms with Gasteiger partial charge in [0.15, 0.2) is 0 Å². The van der Waals surface area contributed by atoms with Crippen LogP contribution in [0, 0.1) is 5.92 Å². The second-order valence-electron chi connectivity index (χ2n) is 9.21. The molecule has 1 atom stereocenters. The molecule has 0 saturated heterocycles. The Balaban J connectivity index is 0.00000507. The van der Waals surface area contributed by atoms with Crippen LogP contribution >= 0.6 is 12.4 Å². The van der Waals surface area contributed by atoms with E-state index in [1.807, 2.05) is 32.0 Å². The van der Waals surface area contributed by atoms with Crippen molar-refractivity contribution in [3.63, 3.8) is 0 Å². The Morgan fingerprint density at radius 3 is 2.26 bits per heavy atom. The first-order chi connectivity index (χ1) is 17.5. The number of benzene rings is 2. The molecule has 206 valence electrons. The highest BCUT2D eigenvalue weighted by Gasteiger charge is 2.21. The number of nitrogens with two attached hydrogens (primary N) is 1. The predicted octanol–water partition coefficient (Wildman–Crippen LogP) is 4.94. The molecule has 11 heteroatoms. The molecule has 0 radical (unpaired) electrons. The number of halogens is 1. The fourth-order valence-corrected chi connectivity index (χ4v) is 5.07. The van der Waals surface area contributed by atoms with E-state index in [2.05, 4.69) is 28.5 Å². The number of hydrogen-bond donors (Lipinski definition) is 3. The number of carboxylic acid groups (broad SMARTS) is 1. The summed E-state index contributed by atoms with van der Waals surface area (Å²) in [5, 5.41) is 9.25. The molecule has 3 rings (SSSR count). The lowest BCUT2D eigenvalue weighted by molar-refractivity contribution is 0.0696. The summed E-state index contributed by atoms with van der Waals surface area (Å²) < 4.78 is 34.5. The first-order valence-electron chi connectivity index (χ1n) is 12.3. The molecule has 3 aromatic rings. The average molecular weight is 563 g/mol. The highest BCUT2D eigenvalue weighted by Crippen LogP contribution is 2.31. The van der Waals surface area contributed by atoms with Crippen molar-refractivity contribution in [1.82, 2.24) is 9.97 Å². The predicted molar refractivity (Wildman–Crippen MR) is 151 cm³/mol. The van der Waals surface area contributed by atoms with Crippen molar-refractivity contribution in [3.05, 3.63) is 65.2 Å². The minimum absolute atomic E-state index is 0. The van der Waals surface area contributed by atoms with Crippen molar-refractivity contribution in [3.8, 4) is 17.1 Å². The van der Waals surface area contributed by atoms with E-state index in [4.69, 9.17) is 10.5 Å². The lowest BCUT2D eigenvalue weighted by Gasteiger charge is -2.17. The molecule has 2 aromatic carbocycles. The number of rotatable bonds is 12. The normalized spacial score (nSPS) is 12.1. The van der Waals surface area contributed by atoms with Gasteiger partial charge in [0.1, 0.15) is 6.61 Å². The largest absolute Gasteiger partial charge is 0.478 e. The Hall–Kier alpha value is -3.21. The van der Waals surface area contributed by atoms with Crippen LogP contribution in [0.15, 0.2) is 53.4 Å². The van der Waals surface area contributed by atoms with Gasteiger partial charge in [0.05, 0.1) is 16.2 Å². The fourth-order valence-electron chi connectivity index (χ4n) is 4.09. The summed E-state index contributed by atoms with van der Waals surface area (Å²) in [6.07, 6.45) is 2.27. The molecule has 0 fully saturated rings. The van der Waals surface area contributed by atoms with E-state index in [0.717, 1.165) is 42.0 Å². The zero-order chi connectivity index (χ0) is 27.2. The fraction of sp³-hybridized carbons (Fsp3) is 0.370. The highest BCUT2D eigenvalue weighted by atomic mass is 35.5. The van der Waals surface area contributed by atoms with Crippen LogP contribution in [-0.4, -0.2) is 42.1 Å². The van der Waals surface area contributed by atoms with E-state index in [1.165, 1.54) is 18.2 Å². The maximum atomic E-state index is 13.1. The zero-order valence-electron chi connectivity index (χ0n) is 22.0. The first-order valence-corrected chi connectivity index (χ1v) is 13.8. The van der Waals surface area contributed by atoms with E-state index in [9.17, 15) is 18.3 Å². The Bertz CT molecular complexity index is 1340. The SMILES string of the molecule is CCc1cccc(CC)c1-c1cc(OC[C@H](N)CC(C)C)nc(NS(=O)(=O)c2cccc(C(=O)O)c2)n1.Cl. The maximum Gasteiger partial charge on any atom is 0.335 e. The number of hydrogen-bond acceptors (Lipinski definition) is 7. The van der Waals surface area contributed by atoms with Crippen molar-refractivity contribution in [1.29, 1.82) is 0 Å². The summed E-state index contributed by atoms with van der Waals surface area (Å²) in [4.78, 5) is 19.9. The van der Waals surface area contributed by atoms with Gasteiger partial charge in [-0.05, 0) is 54.5 Å². The van der Waals surface area contributed by atoms with Gasteiger partial charge in [0.25, 0.3) is 10.0 Å². The molecule has 9 nitrogen and oxygen atoms in total. The summed E-state index contributed by atoms with van der Waals surface area (Å²) in [7, 11) is -4.18. The molecule has 38 heavy (non-hydrogen) atoms. The van der Waals surface area contributed by atoms with Gasteiger partial charge in [-0.1, -0.05) is 52.0 Å². The lowest BCUT2D eigenvalue weighted by Crippen LogP contribution is -2.29. The number of anilines is 1. The smallest absolute Gasteiger partial charge is 0.335 e. The van der Waals surface area contributed by atoms with Crippen LogP contribution in [0.1, 0.15) is 55.6 Å². The molecule has 0 unspecified atom stereocenters. The Morgan fingerprint density at radius 1 is 1.05 bits per heavy atom. The van der Waals surface area contributed by atoms with Crippen LogP contribution in [0.4, 0.5) is 5.95 Å². The van der Waals surface area contributed by atoms with Gasteiger partial charge in [-0.3, -0.25) is 0 Å².